The van der Waals surface area contributed by atoms with Crippen LogP contribution in [-0.4, -0.2) is 59.9 Å². The Morgan fingerprint density at radius 3 is 2.68 bits per heavy atom. The molecule has 25 heavy (non-hydrogen) atoms. The summed E-state index contributed by atoms with van der Waals surface area (Å²) in [5.74, 6) is -0.713. The van der Waals surface area contributed by atoms with Crippen LogP contribution < -0.4 is 0 Å². The lowest BCUT2D eigenvalue weighted by molar-refractivity contribution is -0.157. The SMILES string of the molecule is CCOC(=O)[C@H]1C[C@@H]2O[C@H]1[C@H]1CN(C(=O)c3ccccc3)C[C@H]1[C@@H]2O. The number of nitrogens with zero attached hydrogens (tertiary/aromatic N) is 1. The number of fused-ring (bicyclic) bond motifs is 4. The molecule has 6 heteroatoms. The van der Waals surface area contributed by atoms with Crippen molar-refractivity contribution in [1.29, 1.82) is 0 Å². The van der Waals surface area contributed by atoms with Crippen molar-refractivity contribution in [1.82, 2.24) is 4.90 Å². The number of ether oxygens (including phenoxy) is 2. The molecule has 1 aromatic carbocycles. The van der Waals surface area contributed by atoms with E-state index in [1.54, 1.807) is 24.0 Å². The lowest BCUT2D eigenvalue weighted by Gasteiger charge is -2.35. The molecular formula is C19H23NO5. The van der Waals surface area contributed by atoms with E-state index in [9.17, 15) is 14.7 Å². The van der Waals surface area contributed by atoms with Crippen molar-refractivity contribution in [3.63, 3.8) is 0 Å². The molecule has 3 saturated heterocycles. The molecule has 3 aliphatic rings. The highest BCUT2D eigenvalue weighted by molar-refractivity contribution is 5.94. The van der Waals surface area contributed by atoms with E-state index in [1.807, 2.05) is 18.2 Å². The lowest BCUT2D eigenvalue weighted by atomic mass is 9.83. The van der Waals surface area contributed by atoms with Gasteiger partial charge in [0.05, 0.1) is 30.8 Å². The molecule has 3 heterocycles. The van der Waals surface area contributed by atoms with Gasteiger partial charge in [0.25, 0.3) is 5.91 Å². The van der Waals surface area contributed by atoms with Crippen LogP contribution >= 0.6 is 0 Å². The number of aliphatic hydroxyl groups excluding tert-OH is 1. The Bertz CT molecular complexity index is 663. The summed E-state index contributed by atoms with van der Waals surface area (Å²) < 4.78 is 11.1. The van der Waals surface area contributed by atoms with E-state index in [0.29, 0.717) is 31.7 Å². The largest absolute Gasteiger partial charge is 0.466 e. The second-order valence-electron chi connectivity index (χ2n) is 7.13. The number of hydrogen-bond donors (Lipinski definition) is 1. The number of aliphatic hydroxyl groups is 1. The molecule has 1 aromatic rings. The molecule has 0 aromatic heterocycles. The maximum absolute atomic E-state index is 12.7. The minimum absolute atomic E-state index is 0.0316. The van der Waals surface area contributed by atoms with Crippen LogP contribution in [0.4, 0.5) is 0 Å². The number of amides is 1. The zero-order valence-corrected chi connectivity index (χ0v) is 14.2. The van der Waals surface area contributed by atoms with Crippen LogP contribution in [0.2, 0.25) is 0 Å². The molecule has 3 fully saturated rings. The van der Waals surface area contributed by atoms with E-state index in [2.05, 4.69) is 0 Å². The quantitative estimate of drug-likeness (QED) is 0.830. The molecule has 0 saturated carbocycles. The molecule has 0 aliphatic carbocycles. The van der Waals surface area contributed by atoms with Gasteiger partial charge in [-0.15, -0.1) is 0 Å². The Labute approximate surface area is 146 Å². The highest BCUT2D eigenvalue weighted by Crippen LogP contribution is 2.47. The predicted octanol–water partition coefficient (Wildman–Crippen LogP) is 1.09. The molecule has 4 rings (SSSR count). The van der Waals surface area contributed by atoms with Gasteiger partial charge in [-0.1, -0.05) is 18.2 Å². The van der Waals surface area contributed by atoms with Gasteiger partial charge in [-0.2, -0.15) is 0 Å². The predicted molar refractivity (Wildman–Crippen MR) is 88.7 cm³/mol. The van der Waals surface area contributed by atoms with Crippen LogP contribution in [0.1, 0.15) is 23.7 Å². The number of benzene rings is 1. The van der Waals surface area contributed by atoms with Crippen molar-refractivity contribution >= 4 is 11.9 Å². The molecule has 0 spiro atoms. The number of rotatable bonds is 3. The molecule has 0 radical (unpaired) electrons. The maximum atomic E-state index is 12.7. The Kier molecular flexibility index (Phi) is 4.25. The van der Waals surface area contributed by atoms with Crippen molar-refractivity contribution in [2.45, 2.75) is 31.7 Å². The molecule has 6 atom stereocenters. The van der Waals surface area contributed by atoms with Gasteiger partial charge in [0.15, 0.2) is 0 Å². The van der Waals surface area contributed by atoms with Crippen LogP contribution in [0.25, 0.3) is 0 Å². The highest BCUT2D eigenvalue weighted by atomic mass is 16.5. The third-order valence-electron chi connectivity index (χ3n) is 5.77. The average Bonchev–Trinajstić information content (AvgIpc) is 3.24. The van der Waals surface area contributed by atoms with Crippen molar-refractivity contribution < 1.29 is 24.2 Å². The zero-order chi connectivity index (χ0) is 17.6. The fourth-order valence-electron chi connectivity index (χ4n) is 4.60. The van der Waals surface area contributed by atoms with Gasteiger partial charge in [0.1, 0.15) is 0 Å². The second-order valence-corrected chi connectivity index (χ2v) is 7.13. The first-order chi connectivity index (χ1) is 12.1. The highest BCUT2D eigenvalue weighted by Gasteiger charge is 2.58. The third-order valence-corrected chi connectivity index (χ3v) is 5.77. The van der Waals surface area contributed by atoms with Gasteiger partial charge in [-0.25, -0.2) is 0 Å². The molecule has 0 unspecified atom stereocenters. The average molecular weight is 345 g/mol. The van der Waals surface area contributed by atoms with E-state index in [1.165, 1.54) is 0 Å². The van der Waals surface area contributed by atoms with E-state index in [0.717, 1.165) is 0 Å². The zero-order valence-electron chi connectivity index (χ0n) is 14.2. The fraction of sp³-hybridized carbons (Fsp3) is 0.579. The Balaban J connectivity index is 1.54. The molecule has 6 nitrogen and oxygen atoms in total. The van der Waals surface area contributed by atoms with Crippen molar-refractivity contribution in [2.24, 2.45) is 17.8 Å². The topological polar surface area (TPSA) is 76.1 Å². The minimum atomic E-state index is -0.644. The van der Waals surface area contributed by atoms with Gasteiger partial charge in [-0.3, -0.25) is 9.59 Å². The van der Waals surface area contributed by atoms with Crippen LogP contribution in [0.15, 0.2) is 30.3 Å². The monoisotopic (exact) mass is 345 g/mol. The normalized spacial score (nSPS) is 36.2. The molecule has 1 N–H and O–H groups in total. The summed E-state index contributed by atoms with van der Waals surface area (Å²) in [5.41, 5.74) is 0.642. The van der Waals surface area contributed by atoms with Gasteiger partial charge in [0, 0.05) is 30.5 Å². The van der Waals surface area contributed by atoms with Crippen LogP contribution in [0, 0.1) is 17.8 Å². The summed E-state index contributed by atoms with van der Waals surface area (Å²) in [5, 5.41) is 10.7. The summed E-state index contributed by atoms with van der Waals surface area (Å²) >= 11 is 0. The van der Waals surface area contributed by atoms with E-state index in [-0.39, 0.29) is 41.8 Å². The first-order valence-electron chi connectivity index (χ1n) is 8.94. The second kappa shape index (κ2) is 6.42. The van der Waals surface area contributed by atoms with Crippen molar-refractivity contribution in [3.05, 3.63) is 35.9 Å². The molecule has 2 bridgehead atoms. The molecule has 134 valence electrons. The van der Waals surface area contributed by atoms with Crippen LogP contribution in [0.5, 0.6) is 0 Å². The van der Waals surface area contributed by atoms with Gasteiger partial charge < -0.3 is 19.5 Å². The van der Waals surface area contributed by atoms with Gasteiger partial charge in [-0.05, 0) is 25.5 Å². The summed E-state index contributed by atoms with van der Waals surface area (Å²) in [4.78, 5) is 26.8. The summed E-state index contributed by atoms with van der Waals surface area (Å²) in [6.07, 6.45) is -0.752. The third kappa shape index (κ3) is 2.73. The number of carbonyl (C=O) groups is 2. The first-order valence-corrected chi connectivity index (χ1v) is 8.94. The van der Waals surface area contributed by atoms with E-state index in [4.69, 9.17) is 9.47 Å². The molecule has 3 aliphatic heterocycles. The smallest absolute Gasteiger partial charge is 0.311 e. The van der Waals surface area contributed by atoms with Crippen molar-refractivity contribution in [3.8, 4) is 0 Å². The minimum Gasteiger partial charge on any atom is -0.466 e. The summed E-state index contributed by atoms with van der Waals surface area (Å²) in [6, 6.07) is 9.15. The lowest BCUT2D eigenvalue weighted by Crippen LogP contribution is -2.46. The maximum Gasteiger partial charge on any atom is 0.311 e. The Morgan fingerprint density at radius 1 is 1.24 bits per heavy atom. The van der Waals surface area contributed by atoms with Crippen molar-refractivity contribution in [2.75, 3.05) is 19.7 Å². The van der Waals surface area contributed by atoms with E-state index < -0.39 is 6.10 Å². The molecular weight excluding hydrogens is 322 g/mol. The van der Waals surface area contributed by atoms with Crippen LogP contribution in [0.3, 0.4) is 0 Å². The number of esters is 1. The number of hydrogen-bond acceptors (Lipinski definition) is 5. The van der Waals surface area contributed by atoms with E-state index >= 15 is 0 Å². The Hall–Kier alpha value is -1.92. The summed E-state index contributed by atoms with van der Waals surface area (Å²) in [7, 11) is 0. The van der Waals surface area contributed by atoms with Crippen LogP contribution in [-0.2, 0) is 14.3 Å². The summed E-state index contributed by atoms with van der Waals surface area (Å²) in [6.45, 7) is 3.13. The standard InChI is InChI=1S/C19H23NO5/c1-2-24-19(23)12-8-15-16(21)13-9-20(10-14(13)17(12)25-15)18(22)11-6-4-3-5-7-11/h3-7,12-17,21H,2,8-10H2,1H3/t12-,13+,14-,15-,16-,17+/m0/s1. The fourth-order valence-corrected chi connectivity index (χ4v) is 4.60. The Morgan fingerprint density at radius 2 is 1.96 bits per heavy atom. The molecule has 1 amide bonds. The van der Waals surface area contributed by atoms with Gasteiger partial charge in [0.2, 0.25) is 0 Å². The number of carbonyl (C=O) groups excluding carboxylic acids is 2. The van der Waals surface area contributed by atoms with Gasteiger partial charge >= 0.3 is 5.97 Å². The number of likely N-dealkylation sites (tertiary alicyclic amines) is 1. The first kappa shape index (κ1) is 16.5.